The van der Waals surface area contributed by atoms with E-state index in [2.05, 4.69) is 27.7 Å². The van der Waals surface area contributed by atoms with Crippen molar-refractivity contribution in [2.75, 3.05) is 26.2 Å². The molecule has 1 nitrogen and oxygen atoms in total. The first-order chi connectivity index (χ1) is 6.24. The molecule has 0 saturated carbocycles. The van der Waals surface area contributed by atoms with Crippen LogP contribution in [0.25, 0.3) is 0 Å². The molecule has 0 amide bonds. The summed E-state index contributed by atoms with van der Waals surface area (Å²) in [6.45, 7) is 14.8. The van der Waals surface area contributed by atoms with Crippen LogP contribution in [0.2, 0.25) is 0 Å². The molecule has 0 radical (unpaired) electrons. The molecular weight excluding hydrogens is 303 g/mol. The van der Waals surface area contributed by atoms with Crippen molar-refractivity contribution < 1.29 is 24.0 Å². The number of halogens is 1. The van der Waals surface area contributed by atoms with Crippen molar-refractivity contribution in [3.8, 4) is 0 Å². The summed E-state index contributed by atoms with van der Waals surface area (Å²) in [6.07, 6.45) is 5.33. The second-order valence-corrected chi connectivity index (χ2v) is 4.24. The SMILES string of the molecule is Br.CCC[N+](CCC)(CCC)CCC.[Zn]. The monoisotopic (exact) mass is 330 g/mol. The normalized spacial score (nSPS) is 10.4. The summed E-state index contributed by atoms with van der Waals surface area (Å²) in [7, 11) is 0. The molecule has 0 atom stereocenters. The quantitative estimate of drug-likeness (QED) is 0.465. The van der Waals surface area contributed by atoms with E-state index in [1.165, 1.54) is 56.3 Å². The zero-order chi connectivity index (χ0) is 10.2. The van der Waals surface area contributed by atoms with E-state index in [1.807, 2.05) is 0 Å². The van der Waals surface area contributed by atoms with E-state index in [9.17, 15) is 0 Å². The van der Waals surface area contributed by atoms with Crippen molar-refractivity contribution in [1.82, 2.24) is 0 Å². The summed E-state index contributed by atoms with van der Waals surface area (Å²) in [4.78, 5) is 0. The van der Waals surface area contributed by atoms with Crippen molar-refractivity contribution in [2.24, 2.45) is 0 Å². The molecule has 3 heteroatoms. The largest absolute Gasteiger partial charge is 0.324 e. The maximum Gasteiger partial charge on any atom is 0.0783 e. The van der Waals surface area contributed by atoms with Crippen molar-refractivity contribution in [1.29, 1.82) is 0 Å². The van der Waals surface area contributed by atoms with Gasteiger partial charge in [0, 0.05) is 19.5 Å². The van der Waals surface area contributed by atoms with Crippen LogP contribution in [0, 0.1) is 0 Å². The van der Waals surface area contributed by atoms with Gasteiger partial charge in [-0.15, -0.1) is 17.0 Å². The number of rotatable bonds is 8. The van der Waals surface area contributed by atoms with Gasteiger partial charge in [0.25, 0.3) is 0 Å². The van der Waals surface area contributed by atoms with Gasteiger partial charge in [-0.25, -0.2) is 0 Å². The average molecular weight is 333 g/mol. The van der Waals surface area contributed by atoms with E-state index in [0.717, 1.165) is 0 Å². The number of quaternary nitrogens is 1. The Morgan fingerprint density at radius 3 is 0.933 bits per heavy atom. The fourth-order valence-corrected chi connectivity index (χ4v) is 2.57. The molecule has 0 spiro atoms. The van der Waals surface area contributed by atoms with E-state index in [0.29, 0.717) is 0 Å². The third-order valence-corrected chi connectivity index (χ3v) is 2.79. The molecule has 15 heavy (non-hydrogen) atoms. The fraction of sp³-hybridized carbons (Fsp3) is 1.00. The third-order valence-electron chi connectivity index (χ3n) is 2.79. The van der Waals surface area contributed by atoms with Crippen LogP contribution in [0.5, 0.6) is 0 Å². The Bertz CT molecular complexity index is 90.7. The molecule has 90 valence electrons. The Labute approximate surface area is 120 Å². The molecule has 0 N–H and O–H groups in total. The number of hydrogen-bond acceptors (Lipinski definition) is 0. The van der Waals surface area contributed by atoms with Crippen LogP contribution in [0.3, 0.4) is 0 Å². The Kier molecular flexibility index (Phi) is 18.7. The first-order valence-electron chi connectivity index (χ1n) is 6.09. The standard InChI is InChI=1S/C12H28N.BrH.Zn/c1-5-9-13(10-6-2,11-7-3)12-8-4;;/h5-12H2,1-4H3;1H;/q+1;;. The predicted octanol–water partition coefficient (Wildman–Crippen LogP) is 4.02. The van der Waals surface area contributed by atoms with Gasteiger partial charge in [0.05, 0.1) is 26.2 Å². The summed E-state index contributed by atoms with van der Waals surface area (Å²) in [5.41, 5.74) is 0. The molecule has 0 aliphatic rings. The molecule has 0 saturated heterocycles. The molecule has 0 aromatic carbocycles. The van der Waals surface area contributed by atoms with Gasteiger partial charge in [-0.2, -0.15) is 0 Å². The maximum absolute atomic E-state index is 2.31. The molecule has 0 aliphatic carbocycles. The molecule has 0 fully saturated rings. The van der Waals surface area contributed by atoms with E-state index < -0.39 is 0 Å². The van der Waals surface area contributed by atoms with Gasteiger partial charge in [0.1, 0.15) is 0 Å². The van der Waals surface area contributed by atoms with E-state index in [1.54, 1.807) is 0 Å². The van der Waals surface area contributed by atoms with Crippen molar-refractivity contribution in [2.45, 2.75) is 53.4 Å². The van der Waals surface area contributed by atoms with Gasteiger partial charge in [-0.3, -0.25) is 0 Å². The topological polar surface area (TPSA) is 0 Å². The van der Waals surface area contributed by atoms with E-state index >= 15 is 0 Å². The van der Waals surface area contributed by atoms with E-state index in [-0.39, 0.29) is 36.5 Å². The summed E-state index contributed by atoms with van der Waals surface area (Å²) in [6, 6.07) is 0. The second-order valence-electron chi connectivity index (χ2n) is 4.24. The number of nitrogens with zero attached hydrogens (tertiary/aromatic N) is 1. The van der Waals surface area contributed by atoms with Crippen LogP contribution in [-0.2, 0) is 19.5 Å². The number of hydrogen-bond donors (Lipinski definition) is 0. The Morgan fingerprint density at radius 1 is 0.600 bits per heavy atom. The summed E-state index contributed by atoms with van der Waals surface area (Å²) in [5.74, 6) is 0. The predicted molar refractivity (Wildman–Crippen MR) is 71.2 cm³/mol. The van der Waals surface area contributed by atoms with Crippen LogP contribution in [-0.4, -0.2) is 30.7 Å². The minimum Gasteiger partial charge on any atom is -0.324 e. The van der Waals surface area contributed by atoms with Crippen LogP contribution in [0.4, 0.5) is 0 Å². The molecule has 0 aliphatic heterocycles. The van der Waals surface area contributed by atoms with Gasteiger partial charge in [-0.05, 0) is 25.7 Å². The fourth-order valence-electron chi connectivity index (χ4n) is 2.57. The van der Waals surface area contributed by atoms with Gasteiger partial charge >= 0.3 is 0 Å². The van der Waals surface area contributed by atoms with Crippen molar-refractivity contribution >= 4 is 17.0 Å². The minimum atomic E-state index is 0. The Morgan fingerprint density at radius 2 is 0.800 bits per heavy atom. The van der Waals surface area contributed by atoms with Gasteiger partial charge in [0.2, 0.25) is 0 Å². The van der Waals surface area contributed by atoms with E-state index in [4.69, 9.17) is 0 Å². The molecule has 0 aromatic rings. The van der Waals surface area contributed by atoms with Crippen molar-refractivity contribution in [3.05, 3.63) is 0 Å². The minimum absolute atomic E-state index is 0. The smallest absolute Gasteiger partial charge is 0.0783 e. The van der Waals surface area contributed by atoms with Crippen LogP contribution in [0.15, 0.2) is 0 Å². The van der Waals surface area contributed by atoms with Crippen LogP contribution in [0.1, 0.15) is 53.4 Å². The van der Waals surface area contributed by atoms with Crippen LogP contribution >= 0.6 is 17.0 Å². The zero-order valence-corrected chi connectivity index (χ0v) is 15.9. The maximum atomic E-state index is 2.31. The summed E-state index contributed by atoms with van der Waals surface area (Å²) in [5, 5.41) is 0. The Balaban J connectivity index is -0.000000720. The zero-order valence-electron chi connectivity index (χ0n) is 11.2. The van der Waals surface area contributed by atoms with Gasteiger partial charge in [-0.1, -0.05) is 27.7 Å². The molecular formula is C12H29BrNZn+. The third kappa shape index (κ3) is 8.83. The van der Waals surface area contributed by atoms with Crippen LogP contribution < -0.4 is 0 Å². The van der Waals surface area contributed by atoms with Gasteiger partial charge < -0.3 is 4.48 Å². The van der Waals surface area contributed by atoms with Gasteiger partial charge in [0.15, 0.2) is 0 Å². The molecule has 0 aromatic heterocycles. The molecule has 0 unspecified atom stereocenters. The van der Waals surface area contributed by atoms with Crippen molar-refractivity contribution in [3.63, 3.8) is 0 Å². The Hall–Kier alpha value is 1.06. The first-order valence-corrected chi connectivity index (χ1v) is 6.09. The molecule has 0 rings (SSSR count). The first kappa shape index (κ1) is 21.4. The average Bonchev–Trinajstić information content (AvgIpc) is 2.06. The summed E-state index contributed by atoms with van der Waals surface area (Å²) < 4.78 is 1.38. The summed E-state index contributed by atoms with van der Waals surface area (Å²) >= 11 is 0. The molecule has 0 bridgehead atoms. The molecule has 0 heterocycles. The second kappa shape index (κ2) is 13.1.